The Morgan fingerprint density at radius 1 is 1.35 bits per heavy atom. The van der Waals surface area contributed by atoms with Crippen molar-refractivity contribution in [3.63, 3.8) is 0 Å². The van der Waals surface area contributed by atoms with Crippen molar-refractivity contribution in [3.05, 3.63) is 16.1 Å². The summed E-state index contributed by atoms with van der Waals surface area (Å²) in [4.78, 5) is 27.7. The zero-order valence-electron chi connectivity index (χ0n) is 12.4. The number of carbonyl (C=O) groups excluding carboxylic acids is 2. The van der Waals surface area contributed by atoms with Crippen LogP contribution in [-0.4, -0.2) is 29.5 Å². The van der Waals surface area contributed by atoms with Gasteiger partial charge in [0.25, 0.3) is 5.91 Å². The number of nitrogens with one attached hydrogen (secondary N) is 1. The van der Waals surface area contributed by atoms with E-state index in [-0.39, 0.29) is 33.5 Å². The number of hydrogen-bond acceptors (Lipinski definition) is 5. The molecule has 1 fully saturated rings. The van der Waals surface area contributed by atoms with Gasteiger partial charge < -0.3 is 10.1 Å². The number of thiazole rings is 1. The topological polar surface area (TPSA) is 68.3 Å². The fraction of sp³-hybridized carbons (Fsp3) is 0.643. The smallest absolute Gasteiger partial charge is 0.367 e. The normalized spacial score (nSPS) is 19.4. The third-order valence-electron chi connectivity index (χ3n) is 4.48. The summed E-state index contributed by atoms with van der Waals surface area (Å²) in [6, 6.07) is 0.121. The van der Waals surface area contributed by atoms with E-state index in [1.54, 1.807) is 12.3 Å². The second kappa shape index (κ2) is 4.84. The fourth-order valence-electron chi connectivity index (χ4n) is 2.43. The zero-order valence-corrected chi connectivity index (χ0v) is 13.3. The van der Waals surface area contributed by atoms with Gasteiger partial charge in [0.1, 0.15) is 5.69 Å². The van der Waals surface area contributed by atoms with Crippen molar-refractivity contribution in [2.75, 3.05) is 6.61 Å². The van der Waals surface area contributed by atoms with Gasteiger partial charge in [0.2, 0.25) is 5.01 Å². The summed E-state index contributed by atoms with van der Waals surface area (Å²) >= 11 is 1.13. The number of hydrogen-bond donors (Lipinski definition) is 1. The Morgan fingerprint density at radius 2 is 1.95 bits per heavy atom. The van der Waals surface area contributed by atoms with Gasteiger partial charge >= 0.3 is 5.97 Å². The van der Waals surface area contributed by atoms with Gasteiger partial charge in [0.15, 0.2) is 0 Å². The van der Waals surface area contributed by atoms with E-state index in [1.165, 1.54) is 0 Å². The van der Waals surface area contributed by atoms with Crippen LogP contribution in [0.25, 0.3) is 0 Å². The summed E-state index contributed by atoms with van der Waals surface area (Å²) in [5.41, 5.74) is 0.419. The highest BCUT2D eigenvalue weighted by Crippen LogP contribution is 2.62. The van der Waals surface area contributed by atoms with Crippen LogP contribution in [0.15, 0.2) is 5.38 Å². The molecule has 6 heteroatoms. The maximum absolute atomic E-state index is 12.1. The van der Waals surface area contributed by atoms with Crippen LogP contribution in [0.2, 0.25) is 0 Å². The molecule has 0 saturated heterocycles. The van der Waals surface area contributed by atoms with Gasteiger partial charge in [-0.25, -0.2) is 9.78 Å². The highest BCUT2D eigenvalue weighted by molar-refractivity contribution is 7.11. The first kappa shape index (κ1) is 15.0. The van der Waals surface area contributed by atoms with Crippen molar-refractivity contribution < 1.29 is 14.3 Å². The van der Waals surface area contributed by atoms with E-state index < -0.39 is 5.97 Å². The Balaban J connectivity index is 2.03. The molecule has 1 aliphatic rings. The second-order valence-corrected chi connectivity index (χ2v) is 6.97. The fourth-order valence-corrected chi connectivity index (χ4v) is 3.12. The summed E-state index contributed by atoms with van der Waals surface area (Å²) in [6.45, 7) is 10.5. The Kier molecular flexibility index (Phi) is 3.62. The third-order valence-corrected chi connectivity index (χ3v) is 5.31. The van der Waals surface area contributed by atoms with Crippen molar-refractivity contribution >= 4 is 23.2 Å². The van der Waals surface area contributed by atoms with Crippen LogP contribution < -0.4 is 5.32 Å². The van der Waals surface area contributed by atoms with Gasteiger partial charge in [-0.2, -0.15) is 0 Å². The molecule has 2 rings (SSSR count). The average Bonchev–Trinajstić information content (AvgIpc) is 2.79. The minimum absolute atomic E-state index is 0.0721. The van der Waals surface area contributed by atoms with Crippen LogP contribution in [0.1, 0.15) is 54.9 Å². The lowest BCUT2D eigenvalue weighted by Gasteiger charge is -2.04. The molecule has 5 nitrogen and oxygen atoms in total. The van der Waals surface area contributed by atoms with Gasteiger partial charge in [-0.3, -0.25) is 4.79 Å². The molecule has 1 saturated carbocycles. The lowest BCUT2D eigenvalue weighted by atomic mass is 10.0. The molecule has 1 aliphatic carbocycles. The van der Waals surface area contributed by atoms with Crippen molar-refractivity contribution in [3.8, 4) is 0 Å². The minimum Gasteiger partial charge on any atom is -0.461 e. The third kappa shape index (κ3) is 2.32. The van der Waals surface area contributed by atoms with Crippen LogP contribution >= 0.6 is 11.3 Å². The molecule has 0 atom stereocenters. The molecule has 1 amide bonds. The van der Waals surface area contributed by atoms with Crippen molar-refractivity contribution in [2.24, 2.45) is 10.8 Å². The summed E-state index contributed by atoms with van der Waals surface area (Å²) in [5, 5.41) is 4.79. The van der Waals surface area contributed by atoms with Gasteiger partial charge in [-0.05, 0) is 17.8 Å². The molecule has 0 unspecified atom stereocenters. The second-order valence-electron chi connectivity index (χ2n) is 6.11. The molecular formula is C14H20N2O3S. The number of amides is 1. The number of ether oxygens (including phenoxy) is 1. The predicted octanol–water partition coefficient (Wildman–Crippen LogP) is 2.48. The Hall–Kier alpha value is -1.43. The summed E-state index contributed by atoms with van der Waals surface area (Å²) in [5.74, 6) is -0.718. The van der Waals surface area contributed by atoms with Gasteiger partial charge in [0.05, 0.1) is 6.61 Å². The molecular weight excluding hydrogens is 276 g/mol. The maximum Gasteiger partial charge on any atom is 0.367 e. The SMILES string of the molecule is CCOC(=O)c1nc(C(=O)NC2C(C)(C)C2(C)C)cs1. The first-order chi connectivity index (χ1) is 9.21. The Bertz CT molecular complexity index is 534. The highest BCUT2D eigenvalue weighted by Gasteiger charge is 2.65. The van der Waals surface area contributed by atoms with E-state index in [1.807, 2.05) is 0 Å². The zero-order chi connectivity index (χ0) is 15.1. The molecule has 0 radical (unpaired) electrons. The van der Waals surface area contributed by atoms with E-state index >= 15 is 0 Å². The summed E-state index contributed by atoms with van der Waals surface area (Å²) < 4.78 is 4.86. The van der Waals surface area contributed by atoms with Crippen LogP contribution in [0.5, 0.6) is 0 Å². The number of carbonyl (C=O) groups is 2. The molecule has 1 aromatic rings. The molecule has 0 bridgehead atoms. The number of rotatable bonds is 4. The summed E-state index contributed by atoms with van der Waals surface area (Å²) in [6.07, 6.45) is 0. The lowest BCUT2D eigenvalue weighted by molar-refractivity contribution is 0.0526. The van der Waals surface area contributed by atoms with Crippen LogP contribution in [0, 0.1) is 10.8 Å². The van der Waals surface area contributed by atoms with Gasteiger partial charge in [0, 0.05) is 11.4 Å². The molecule has 1 N–H and O–H groups in total. The molecule has 0 spiro atoms. The Labute approximate surface area is 122 Å². The number of esters is 1. The predicted molar refractivity (Wildman–Crippen MR) is 76.9 cm³/mol. The molecule has 1 heterocycles. The molecule has 0 aliphatic heterocycles. The minimum atomic E-state index is -0.483. The number of aromatic nitrogens is 1. The molecule has 110 valence electrons. The van der Waals surface area contributed by atoms with Gasteiger partial charge in [-0.15, -0.1) is 11.3 Å². The molecule has 0 aromatic carbocycles. The Morgan fingerprint density at radius 3 is 2.45 bits per heavy atom. The number of nitrogens with zero attached hydrogens (tertiary/aromatic N) is 1. The molecule has 20 heavy (non-hydrogen) atoms. The van der Waals surface area contributed by atoms with E-state index in [0.717, 1.165) is 11.3 Å². The largest absolute Gasteiger partial charge is 0.461 e. The van der Waals surface area contributed by atoms with Crippen molar-refractivity contribution in [1.29, 1.82) is 0 Å². The quantitative estimate of drug-likeness (QED) is 0.867. The average molecular weight is 296 g/mol. The first-order valence-corrected chi connectivity index (χ1v) is 7.53. The summed E-state index contributed by atoms with van der Waals surface area (Å²) in [7, 11) is 0. The standard InChI is InChI=1S/C14H20N2O3S/c1-6-19-11(18)10-15-8(7-20-10)9(17)16-12-13(2,3)14(12,4)5/h7,12H,6H2,1-5H3,(H,16,17). The van der Waals surface area contributed by atoms with Crippen molar-refractivity contribution in [1.82, 2.24) is 10.3 Å². The maximum atomic E-state index is 12.1. The van der Waals surface area contributed by atoms with Crippen LogP contribution in [0.4, 0.5) is 0 Å². The monoisotopic (exact) mass is 296 g/mol. The molecule has 1 aromatic heterocycles. The van der Waals surface area contributed by atoms with Crippen molar-refractivity contribution in [2.45, 2.75) is 40.7 Å². The van der Waals surface area contributed by atoms with Gasteiger partial charge in [-0.1, -0.05) is 27.7 Å². The van der Waals surface area contributed by atoms with E-state index in [2.05, 4.69) is 38.0 Å². The van der Waals surface area contributed by atoms with E-state index in [4.69, 9.17) is 4.74 Å². The highest BCUT2D eigenvalue weighted by atomic mass is 32.1. The van der Waals surface area contributed by atoms with E-state index in [9.17, 15) is 9.59 Å². The van der Waals surface area contributed by atoms with Crippen LogP contribution in [-0.2, 0) is 4.74 Å². The van der Waals surface area contributed by atoms with Crippen LogP contribution in [0.3, 0.4) is 0 Å². The first-order valence-electron chi connectivity index (χ1n) is 6.65. The lowest BCUT2D eigenvalue weighted by Crippen LogP contribution is -2.30. The van der Waals surface area contributed by atoms with E-state index in [0.29, 0.717) is 6.61 Å².